The van der Waals surface area contributed by atoms with Gasteiger partial charge in [-0.3, -0.25) is 0 Å². The smallest absolute Gasteiger partial charge is 0.277 e. The maximum atomic E-state index is 2.63. The van der Waals surface area contributed by atoms with Gasteiger partial charge in [-0.25, -0.2) is 0 Å². The molecule has 3 nitrogen and oxygen atoms in total. The highest BCUT2D eigenvalue weighted by atomic mass is 32.1. The van der Waals surface area contributed by atoms with Crippen molar-refractivity contribution >= 4 is 137 Å². The Kier molecular flexibility index (Phi) is 5.22. The SMILES string of the molecule is c1ccc(N2c3c(sc4ccccc34)B3c4sc5ccccc5c4N(c4ccccc4)c4c3c2c2c3ccccc3n3c5ccccc5c4c23)cc1. The number of hydrogen-bond donors (Lipinski definition) is 0. The first kappa shape index (κ1) is 27.6. The van der Waals surface area contributed by atoms with Gasteiger partial charge in [0.1, 0.15) is 0 Å². The minimum atomic E-state index is 0.0697. The molecule has 0 amide bonds. The van der Waals surface area contributed by atoms with E-state index in [1.165, 1.54) is 107 Å². The minimum absolute atomic E-state index is 0.0697. The maximum Gasteiger partial charge on any atom is 0.277 e. The van der Waals surface area contributed by atoms with Crippen molar-refractivity contribution < 1.29 is 0 Å². The highest BCUT2D eigenvalue weighted by Crippen LogP contribution is 2.57. The van der Waals surface area contributed by atoms with Gasteiger partial charge in [0.25, 0.3) is 6.71 Å². The summed E-state index contributed by atoms with van der Waals surface area (Å²) in [6.07, 6.45) is 0. The first-order valence-corrected chi connectivity index (χ1v) is 19.5. The summed E-state index contributed by atoms with van der Waals surface area (Å²) in [7, 11) is 0. The van der Waals surface area contributed by atoms with Crippen molar-refractivity contribution in [3.05, 3.63) is 158 Å². The molecule has 0 saturated carbocycles. The average molecular weight is 696 g/mol. The molecule has 0 atom stereocenters. The number of fused-ring (bicyclic) bond motifs is 16. The van der Waals surface area contributed by atoms with Gasteiger partial charge in [-0.05, 0) is 54.0 Å². The Morgan fingerprint density at radius 3 is 1.27 bits per heavy atom. The van der Waals surface area contributed by atoms with E-state index in [0.29, 0.717) is 0 Å². The molecule has 0 radical (unpaired) electrons. The lowest BCUT2D eigenvalue weighted by Crippen LogP contribution is -2.59. The summed E-state index contributed by atoms with van der Waals surface area (Å²) in [6, 6.07) is 58.4. The fourth-order valence-electron chi connectivity index (χ4n) is 9.56. The van der Waals surface area contributed by atoms with Crippen molar-refractivity contribution in [2.24, 2.45) is 0 Å². The van der Waals surface area contributed by atoms with Crippen molar-refractivity contribution in [3.63, 3.8) is 0 Å². The molecule has 7 aromatic carbocycles. The van der Waals surface area contributed by atoms with Gasteiger partial charge in [0.15, 0.2) is 0 Å². The second-order valence-corrected chi connectivity index (χ2v) is 16.1. The van der Waals surface area contributed by atoms with E-state index >= 15 is 0 Å². The third-order valence-corrected chi connectivity index (χ3v) is 13.9. The van der Waals surface area contributed by atoms with Crippen molar-refractivity contribution in [3.8, 4) is 0 Å². The first-order chi connectivity index (χ1) is 25.9. The van der Waals surface area contributed by atoms with Crippen LogP contribution in [0, 0.1) is 0 Å². The molecule has 0 spiro atoms. The van der Waals surface area contributed by atoms with E-state index in [1.54, 1.807) is 0 Å². The van der Waals surface area contributed by atoms with Crippen molar-refractivity contribution in [2.45, 2.75) is 0 Å². The van der Waals surface area contributed by atoms with Crippen LogP contribution in [0.25, 0.3) is 58.3 Å². The number of para-hydroxylation sites is 4. The number of nitrogens with zero attached hydrogens (tertiary/aromatic N) is 3. The van der Waals surface area contributed by atoms with Crippen LogP contribution < -0.4 is 24.8 Å². The molecule has 52 heavy (non-hydrogen) atoms. The van der Waals surface area contributed by atoms with Gasteiger partial charge in [-0.1, -0.05) is 109 Å². The molecule has 4 aromatic heterocycles. The fraction of sp³-hybridized carbons (Fsp3) is 0. The predicted octanol–water partition coefficient (Wildman–Crippen LogP) is 11.3. The molecule has 13 rings (SSSR count). The van der Waals surface area contributed by atoms with Gasteiger partial charge in [-0.2, -0.15) is 0 Å². The van der Waals surface area contributed by atoms with Crippen LogP contribution in [0.1, 0.15) is 0 Å². The second-order valence-electron chi connectivity index (χ2n) is 14.0. The molecular formula is C46H26BN3S2. The van der Waals surface area contributed by atoms with E-state index < -0.39 is 0 Å². The normalized spacial score (nSPS) is 13.7. The Morgan fingerprint density at radius 1 is 0.385 bits per heavy atom. The standard InChI is InChI=1S/C46H26BN3S2/c1-3-15-27(16-4-1)48-40-31-21-9-13-25-35(31)51-45(40)47-39-43(48)37-29-19-7-11-23-33(29)50-34-24-12-8-20-30(34)38(42(37)50)44(39)49(28-17-5-2-6-18-28)41-32-22-10-14-26-36(32)52-46(41)47/h1-26H. The quantitative estimate of drug-likeness (QED) is 0.167. The monoisotopic (exact) mass is 695 g/mol. The first-order valence-electron chi connectivity index (χ1n) is 17.8. The van der Waals surface area contributed by atoms with E-state index in [2.05, 4.69) is 172 Å². The predicted molar refractivity (Wildman–Crippen MR) is 226 cm³/mol. The Bertz CT molecular complexity index is 3060. The molecule has 2 aliphatic heterocycles. The summed E-state index contributed by atoms with van der Waals surface area (Å²) in [5.41, 5.74) is 12.8. The highest BCUT2D eigenvalue weighted by Gasteiger charge is 2.49. The third-order valence-electron chi connectivity index (χ3n) is 11.4. The molecule has 240 valence electrons. The number of thiophene rings is 2. The lowest BCUT2D eigenvalue weighted by Gasteiger charge is -2.43. The Hall–Kier alpha value is -6.08. The summed E-state index contributed by atoms with van der Waals surface area (Å²) in [4.78, 5) is 5.26. The van der Waals surface area contributed by atoms with Crippen LogP contribution in [0.5, 0.6) is 0 Å². The van der Waals surface area contributed by atoms with Gasteiger partial charge in [-0.15, -0.1) is 22.7 Å². The highest BCUT2D eigenvalue weighted by molar-refractivity contribution is 7.41. The zero-order chi connectivity index (χ0) is 33.7. The number of rotatable bonds is 2. The van der Waals surface area contributed by atoms with Crippen LogP contribution in [-0.2, 0) is 0 Å². The fourth-order valence-corrected chi connectivity index (χ4v) is 12.3. The second kappa shape index (κ2) is 9.83. The Labute approximate surface area is 307 Å². The van der Waals surface area contributed by atoms with Gasteiger partial charge >= 0.3 is 0 Å². The molecule has 0 unspecified atom stereocenters. The summed E-state index contributed by atoms with van der Waals surface area (Å²) in [6.45, 7) is 0.0697. The van der Waals surface area contributed by atoms with E-state index in [-0.39, 0.29) is 6.71 Å². The largest absolute Gasteiger partial charge is 0.309 e. The van der Waals surface area contributed by atoms with Crippen molar-refractivity contribution in [1.29, 1.82) is 0 Å². The molecule has 6 heterocycles. The summed E-state index contributed by atoms with van der Waals surface area (Å²) >= 11 is 3.94. The van der Waals surface area contributed by atoms with Gasteiger partial charge in [0.05, 0.1) is 39.3 Å². The number of anilines is 6. The average Bonchev–Trinajstić information content (AvgIpc) is 3.96. The molecule has 2 aliphatic rings. The number of aromatic nitrogens is 1. The zero-order valence-corrected chi connectivity index (χ0v) is 29.4. The molecule has 11 aromatic rings. The molecule has 0 bridgehead atoms. The van der Waals surface area contributed by atoms with Crippen LogP contribution in [0.2, 0.25) is 0 Å². The van der Waals surface area contributed by atoms with E-state index in [0.717, 1.165) is 0 Å². The molecule has 0 aliphatic carbocycles. The van der Waals surface area contributed by atoms with E-state index in [1.807, 2.05) is 22.7 Å². The lowest BCUT2D eigenvalue weighted by molar-refractivity contribution is 1.30. The molecule has 0 N–H and O–H groups in total. The summed E-state index contributed by atoms with van der Waals surface area (Å²) in [5, 5.41) is 7.86. The Morgan fingerprint density at radius 2 is 0.788 bits per heavy atom. The third kappa shape index (κ3) is 3.25. The van der Waals surface area contributed by atoms with E-state index in [9.17, 15) is 0 Å². The van der Waals surface area contributed by atoms with E-state index in [4.69, 9.17) is 0 Å². The van der Waals surface area contributed by atoms with Crippen LogP contribution in [0.3, 0.4) is 0 Å². The molecule has 0 saturated heterocycles. The van der Waals surface area contributed by atoms with Gasteiger partial charge in [0, 0.05) is 62.6 Å². The zero-order valence-electron chi connectivity index (χ0n) is 27.7. The summed E-state index contributed by atoms with van der Waals surface area (Å²) < 4.78 is 8.04. The van der Waals surface area contributed by atoms with Crippen LogP contribution in [0.15, 0.2) is 158 Å². The van der Waals surface area contributed by atoms with Crippen LogP contribution >= 0.6 is 22.7 Å². The van der Waals surface area contributed by atoms with Crippen LogP contribution in [-0.4, -0.2) is 11.1 Å². The minimum Gasteiger partial charge on any atom is -0.309 e. The van der Waals surface area contributed by atoms with Gasteiger partial charge < -0.3 is 14.2 Å². The van der Waals surface area contributed by atoms with Gasteiger partial charge in [0.2, 0.25) is 0 Å². The van der Waals surface area contributed by atoms with Crippen molar-refractivity contribution in [2.75, 3.05) is 9.80 Å². The summed E-state index contributed by atoms with van der Waals surface area (Å²) in [5.74, 6) is 0. The molecule has 0 fully saturated rings. The van der Waals surface area contributed by atoms with Crippen LogP contribution in [0.4, 0.5) is 34.1 Å². The van der Waals surface area contributed by atoms with Crippen molar-refractivity contribution in [1.82, 2.24) is 4.40 Å². The lowest BCUT2D eigenvalue weighted by atomic mass is 9.39. The molecule has 6 heteroatoms. The topological polar surface area (TPSA) is 10.9 Å². The number of benzene rings is 7. The molecular weight excluding hydrogens is 669 g/mol. The number of hydrogen-bond acceptors (Lipinski definition) is 4. The maximum absolute atomic E-state index is 2.63. The Balaban J connectivity index is 1.36.